The zero-order chi connectivity index (χ0) is 13.6. The van der Waals surface area contributed by atoms with Crippen molar-refractivity contribution in [1.82, 2.24) is 9.97 Å². The first-order valence-electron chi connectivity index (χ1n) is 6.07. The molecule has 3 N–H and O–H groups in total. The molecular weight excluding hydrogens is 302 g/mol. The number of hydrogen-bond acceptors (Lipinski definition) is 2. The van der Waals surface area contributed by atoms with Gasteiger partial charge < -0.3 is 10.7 Å². The number of aryl methyl sites for hydroxylation is 2. The molecule has 3 aromatic rings. The van der Waals surface area contributed by atoms with E-state index >= 15 is 0 Å². The van der Waals surface area contributed by atoms with E-state index in [1.165, 1.54) is 11.1 Å². The second-order valence-electron chi connectivity index (χ2n) is 4.74. The molecule has 0 aliphatic heterocycles. The molecule has 0 aliphatic rings. The van der Waals surface area contributed by atoms with Gasteiger partial charge in [-0.2, -0.15) is 0 Å². The molecule has 3 rings (SSSR count). The first-order chi connectivity index (χ1) is 9.06. The summed E-state index contributed by atoms with van der Waals surface area (Å²) >= 11 is 3.44. The molecule has 0 saturated carbocycles. The highest BCUT2D eigenvalue weighted by atomic mass is 79.9. The van der Waals surface area contributed by atoms with Crippen LogP contribution in [-0.4, -0.2) is 9.97 Å². The van der Waals surface area contributed by atoms with E-state index in [1.54, 1.807) is 0 Å². The molecule has 0 fully saturated rings. The minimum atomic E-state index is 0.704. The Morgan fingerprint density at radius 1 is 1.16 bits per heavy atom. The van der Waals surface area contributed by atoms with E-state index in [1.807, 2.05) is 18.2 Å². The van der Waals surface area contributed by atoms with Crippen molar-refractivity contribution in [3.05, 3.63) is 45.9 Å². The largest absolute Gasteiger partial charge is 0.397 e. The van der Waals surface area contributed by atoms with Gasteiger partial charge in [-0.3, -0.25) is 0 Å². The van der Waals surface area contributed by atoms with Crippen LogP contribution in [0.5, 0.6) is 0 Å². The average molecular weight is 316 g/mol. The van der Waals surface area contributed by atoms with Crippen LogP contribution in [0.4, 0.5) is 5.69 Å². The van der Waals surface area contributed by atoms with Crippen molar-refractivity contribution in [2.24, 2.45) is 0 Å². The molecule has 0 amide bonds. The van der Waals surface area contributed by atoms with Gasteiger partial charge in [0.15, 0.2) is 0 Å². The van der Waals surface area contributed by atoms with Crippen LogP contribution >= 0.6 is 15.9 Å². The van der Waals surface area contributed by atoms with Crippen LogP contribution in [0.1, 0.15) is 11.1 Å². The van der Waals surface area contributed by atoms with Crippen molar-refractivity contribution >= 4 is 32.7 Å². The van der Waals surface area contributed by atoms with Gasteiger partial charge in [0.2, 0.25) is 0 Å². The molecule has 4 heteroatoms. The van der Waals surface area contributed by atoms with Crippen LogP contribution in [0.3, 0.4) is 0 Å². The van der Waals surface area contributed by atoms with Gasteiger partial charge >= 0.3 is 0 Å². The Bertz CT molecular complexity index is 735. The number of imidazole rings is 1. The number of fused-ring (bicyclic) bond motifs is 1. The molecule has 0 spiro atoms. The SMILES string of the molecule is Cc1cc2nc(-c3cccc(Br)c3N)[nH]c2cc1C. The molecule has 3 nitrogen and oxygen atoms in total. The highest BCUT2D eigenvalue weighted by Gasteiger charge is 2.10. The Balaban J connectivity index is 2.23. The minimum Gasteiger partial charge on any atom is -0.397 e. The Hall–Kier alpha value is -1.81. The van der Waals surface area contributed by atoms with E-state index in [0.29, 0.717) is 5.69 Å². The number of nitrogen functional groups attached to an aromatic ring is 1. The molecule has 1 heterocycles. The maximum atomic E-state index is 6.09. The van der Waals surface area contributed by atoms with Gasteiger partial charge in [0.25, 0.3) is 0 Å². The summed E-state index contributed by atoms with van der Waals surface area (Å²) in [7, 11) is 0. The summed E-state index contributed by atoms with van der Waals surface area (Å²) in [6.07, 6.45) is 0. The highest BCUT2D eigenvalue weighted by Crippen LogP contribution is 2.31. The van der Waals surface area contributed by atoms with Gasteiger partial charge in [0.1, 0.15) is 5.82 Å². The molecule has 0 unspecified atom stereocenters. The van der Waals surface area contributed by atoms with Crippen molar-refractivity contribution in [1.29, 1.82) is 0 Å². The summed E-state index contributed by atoms with van der Waals surface area (Å²) in [5, 5.41) is 0. The van der Waals surface area contributed by atoms with Crippen LogP contribution in [0.2, 0.25) is 0 Å². The van der Waals surface area contributed by atoms with Crippen LogP contribution in [-0.2, 0) is 0 Å². The molecule has 96 valence electrons. The zero-order valence-electron chi connectivity index (χ0n) is 10.8. The number of aromatic amines is 1. The van der Waals surface area contributed by atoms with E-state index in [0.717, 1.165) is 26.9 Å². The van der Waals surface area contributed by atoms with E-state index in [-0.39, 0.29) is 0 Å². The van der Waals surface area contributed by atoms with Crippen LogP contribution in [0, 0.1) is 13.8 Å². The molecule has 0 radical (unpaired) electrons. The molecule has 19 heavy (non-hydrogen) atoms. The molecule has 0 bridgehead atoms. The van der Waals surface area contributed by atoms with Gasteiger partial charge in [-0.1, -0.05) is 6.07 Å². The second-order valence-corrected chi connectivity index (χ2v) is 5.59. The Labute approximate surface area is 120 Å². The van der Waals surface area contributed by atoms with Gasteiger partial charge in [-0.15, -0.1) is 0 Å². The predicted octanol–water partition coefficient (Wildman–Crippen LogP) is 4.19. The third kappa shape index (κ3) is 2.02. The third-order valence-corrected chi connectivity index (χ3v) is 4.10. The van der Waals surface area contributed by atoms with Crippen molar-refractivity contribution in [3.63, 3.8) is 0 Å². The number of aromatic nitrogens is 2. The first-order valence-corrected chi connectivity index (χ1v) is 6.87. The first kappa shape index (κ1) is 12.2. The number of nitrogens with one attached hydrogen (secondary N) is 1. The van der Waals surface area contributed by atoms with E-state index in [2.05, 4.69) is 51.9 Å². The lowest BCUT2D eigenvalue weighted by molar-refractivity contribution is 1.33. The minimum absolute atomic E-state index is 0.704. The van der Waals surface area contributed by atoms with Gasteiger partial charge in [0.05, 0.1) is 16.7 Å². The van der Waals surface area contributed by atoms with E-state index < -0.39 is 0 Å². The fourth-order valence-corrected chi connectivity index (χ4v) is 2.51. The predicted molar refractivity (Wildman–Crippen MR) is 83.1 cm³/mol. The van der Waals surface area contributed by atoms with E-state index in [9.17, 15) is 0 Å². The number of hydrogen-bond donors (Lipinski definition) is 2. The van der Waals surface area contributed by atoms with Crippen molar-refractivity contribution in [2.45, 2.75) is 13.8 Å². The highest BCUT2D eigenvalue weighted by molar-refractivity contribution is 9.10. The summed E-state index contributed by atoms with van der Waals surface area (Å²) in [5.41, 5.74) is 12.2. The summed E-state index contributed by atoms with van der Waals surface area (Å²) in [5.74, 6) is 0.804. The number of para-hydroxylation sites is 1. The van der Waals surface area contributed by atoms with Crippen molar-refractivity contribution < 1.29 is 0 Å². The normalized spacial score (nSPS) is 11.1. The smallest absolute Gasteiger partial charge is 0.140 e. The van der Waals surface area contributed by atoms with Gasteiger partial charge in [-0.25, -0.2) is 4.98 Å². The lowest BCUT2D eigenvalue weighted by atomic mass is 10.1. The van der Waals surface area contributed by atoms with Crippen LogP contribution < -0.4 is 5.73 Å². The molecular formula is C15H14BrN3. The number of halogens is 1. The summed E-state index contributed by atoms with van der Waals surface area (Å²) in [6.45, 7) is 4.19. The number of H-pyrrole nitrogens is 1. The topological polar surface area (TPSA) is 54.7 Å². The maximum Gasteiger partial charge on any atom is 0.140 e. The van der Waals surface area contributed by atoms with Crippen molar-refractivity contribution in [2.75, 3.05) is 5.73 Å². The number of nitrogens with zero attached hydrogens (tertiary/aromatic N) is 1. The zero-order valence-corrected chi connectivity index (χ0v) is 12.4. The van der Waals surface area contributed by atoms with Crippen LogP contribution in [0.25, 0.3) is 22.4 Å². The third-order valence-electron chi connectivity index (χ3n) is 3.41. The molecule has 0 saturated heterocycles. The van der Waals surface area contributed by atoms with Gasteiger partial charge in [-0.05, 0) is 65.2 Å². The Kier molecular flexibility index (Phi) is 2.82. The molecule has 0 atom stereocenters. The monoisotopic (exact) mass is 315 g/mol. The Morgan fingerprint density at radius 3 is 2.68 bits per heavy atom. The molecule has 2 aromatic carbocycles. The average Bonchev–Trinajstić information content (AvgIpc) is 2.76. The molecule has 0 aliphatic carbocycles. The maximum absolute atomic E-state index is 6.09. The number of benzene rings is 2. The molecule has 1 aromatic heterocycles. The van der Waals surface area contributed by atoms with Crippen molar-refractivity contribution in [3.8, 4) is 11.4 Å². The summed E-state index contributed by atoms with van der Waals surface area (Å²) in [4.78, 5) is 7.97. The number of rotatable bonds is 1. The van der Waals surface area contributed by atoms with Crippen LogP contribution in [0.15, 0.2) is 34.8 Å². The fourth-order valence-electron chi connectivity index (χ4n) is 2.14. The summed E-state index contributed by atoms with van der Waals surface area (Å²) in [6, 6.07) is 10.1. The second kappa shape index (κ2) is 4.38. The number of nitrogens with two attached hydrogens (primary N) is 1. The lowest BCUT2D eigenvalue weighted by Gasteiger charge is -2.03. The quantitative estimate of drug-likeness (QED) is 0.661. The van der Waals surface area contributed by atoms with Gasteiger partial charge in [0, 0.05) is 10.0 Å². The summed E-state index contributed by atoms with van der Waals surface area (Å²) < 4.78 is 0.887. The Morgan fingerprint density at radius 2 is 1.89 bits per heavy atom. The number of anilines is 1. The lowest BCUT2D eigenvalue weighted by Crippen LogP contribution is -1.92. The van der Waals surface area contributed by atoms with E-state index in [4.69, 9.17) is 5.73 Å². The standard InChI is InChI=1S/C15H14BrN3/c1-8-6-12-13(7-9(8)2)19-15(18-12)10-4-3-5-11(16)14(10)17/h3-7H,17H2,1-2H3,(H,18,19). The fraction of sp³-hybridized carbons (Fsp3) is 0.133.